The lowest BCUT2D eigenvalue weighted by atomic mass is 10.2. The van der Waals surface area contributed by atoms with Crippen LogP contribution in [0.25, 0.3) is 5.69 Å². The van der Waals surface area contributed by atoms with Gasteiger partial charge in [0.15, 0.2) is 0 Å². The highest BCUT2D eigenvalue weighted by molar-refractivity contribution is 7.10. The quantitative estimate of drug-likeness (QED) is 0.782. The van der Waals surface area contributed by atoms with Crippen LogP contribution in [0.5, 0.6) is 0 Å². The maximum Gasteiger partial charge on any atom is 0.0821 e. The summed E-state index contributed by atoms with van der Waals surface area (Å²) in [5.74, 6) is 0. The van der Waals surface area contributed by atoms with Gasteiger partial charge in [-0.2, -0.15) is 5.10 Å². The van der Waals surface area contributed by atoms with E-state index in [0.717, 1.165) is 16.3 Å². The summed E-state index contributed by atoms with van der Waals surface area (Å²) in [5.41, 5.74) is 8.33. The van der Waals surface area contributed by atoms with Crippen LogP contribution in [0.4, 0.5) is 0 Å². The summed E-state index contributed by atoms with van der Waals surface area (Å²) in [4.78, 5) is 1.15. The normalized spacial score (nSPS) is 12.5. The SMILES string of the molecule is NC(c1cccs1)c1ccnn1-c1ccccc1. The summed E-state index contributed by atoms with van der Waals surface area (Å²) in [5, 5.41) is 6.40. The smallest absolute Gasteiger partial charge is 0.0821 e. The molecule has 0 bridgehead atoms. The van der Waals surface area contributed by atoms with Crippen molar-refractivity contribution >= 4 is 11.3 Å². The van der Waals surface area contributed by atoms with Crippen molar-refractivity contribution < 1.29 is 0 Å². The van der Waals surface area contributed by atoms with Gasteiger partial charge < -0.3 is 5.73 Å². The lowest BCUT2D eigenvalue weighted by molar-refractivity contribution is 0.748. The zero-order valence-electron chi connectivity index (χ0n) is 9.73. The fourth-order valence-electron chi connectivity index (χ4n) is 1.95. The number of nitrogens with two attached hydrogens (primary N) is 1. The molecule has 0 spiro atoms. The Kier molecular flexibility index (Phi) is 2.96. The molecule has 4 heteroatoms. The number of thiophene rings is 1. The summed E-state index contributed by atoms with van der Waals surface area (Å²) < 4.78 is 1.89. The first-order chi connectivity index (χ1) is 8.86. The third-order valence-electron chi connectivity index (χ3n) is 2.84. The molecule has 3 nitrogen and oxygen atoms in total. The van der Waals surface area contributed by atoms with E-state index in [4.69, 9.17) is 5.73 Å². The van der Waals surface area contributed by atoms with Crippen LogP contribution in [0.2, 0.25) is 0 Å². The minimum absolute atomic E-state index is 0.132. The van der Waals surface area contributed by atoms with E-state index in [0.29, 0.717) is 0 Å². The standard InChI is InChI=1S/C14H13N3S/c15-14(13-7-4-10-18-13)12-8-9-16-17(12)11-5-2-1-3-6-11/h1-10,14H,15H2. The highest BCUT2D eigenvalue weighted by atomic mass is 32.1. The molecule has 90 valence electrons. The molecule has 0 fully saturated rings. The molecule has 0 radical (unpaired) electrons. The highest BCUT2D eigenvalue weighted by Crippen LogP contribution is 2.25. The molecule has 2 heterocycles. The minimum atomic E-state index is -0.132. The first-order valence-corrected chi connectivity index (χ1v) is 6.62. The Bertz CT molecular complexity index is 614. The van der Waals surface area contributed by atoms with Crippen LogP contribution in [0.1, 0.15) is 16.6 Å². The second-order valence-electron chi connectivity index (χ2n) is 4.00. The molecule has 0 saturated heterocycles. The van der Waals surface area contributed by atoms with Crippen molar-refractivity contribution in [1.82, 2.24) is 9.78 Å². The molecule has 0 aliphatic heterocycles. The Labute approximate surface area is 109 Å². The fourth-order valence-corrected chi connectivity index (χ4v) is 2.69. The number of nitrogens with zero attached hydrogens (tertiary/aromatic N) is 2. The summed E-state index contributed by atoms with van der Waals surface area (Å²) >= 11 is 1.67. The molecule has 18 heavy (non-hydrogen) atoms. The van der Waals surface area contributed by atoms with Crippen LogP contribution in [0.15, 0.2) is 60.1 Å². The van der Waals surface area contributed by atoms with Gasteiger partial charge in [-0.25, -0.2) is 4.68 Å². The third kappa shape index (κ3) is 1.96. The Morgan fingerprint density at radius 2 is 1.89 bits per heavy atom. The van der Waals surface area contributed by atoms with Crippen molar-refractivity contribution in [2.45, 2.75) is 6.04 Å². The fraction of sp³-hybridized carbons (Fsp3) is 0.0714. The number of aromatic nitrogens is 2. The average Bonchev–Trinajstić information content (AvgIpc) is 3.10. The molecule has 3 rings (SSSR count). The maximum atomic E-state index is 6.29. The van der Waals surface area contributed by atoms with Crippen LogP contribution >= 0.6 is 11.3 Å². The number of benzene rings is 1. The van der Waals surface area contributed by atoms with E-state index in [9.17, 15) is 0 Å². The summed E-state index contributed by atoms with van der Waals surface area (Å²) in [6.45, 7) is 0. The molecule has 3 aromatic rings. The monoisotopic (exact) mass is 255 g/mol. The lowest BCUT2D eigenvalue weighted by Gasteiger charge is -2.12. The van der Waals surface area contributed by atoms with Gasteiger partial charge in [-0.3, -0.25) is 0 Å². The van der Waals surface area contributed by atoms with Gasteiger partial charge >= 0.3 is 0 Å². The highest BCUT2D eigenvalue weighted by Gasteiger charge is 2.15. The van der Waals surface area contributed by atoms with E-state index >= 15 is 0 Å². The van der Waals surface area contributed by atoms with Crippen molar-refractivity contribution in [2.75, 3.05) is 0 Å². The van der Waals surface area contributed by atoms with Gasteiger partial charge in [0.05, 0.1) is 17.4 Å². The van der Waals surface area contributed by atoms with E-state index in [2.05, 4.69) is 11.2 Å². The van der Waals surface area contributed by atoms with E-state index in [-0.39, 0.29) is 6.04 Å². The molecule has 0 amide bonds. The molecular formula is C14H13N3S. The summed E-state index contributed by atoms with van der Waals surface area (Å²) in [6, 6.07) is 15.9. The second-order valence-corrected chi connectivity index (χ2v) is 4.98. The van der Waals surface area contributed by atoms with Crippen molar-refractivity contribution in [3.05, 3.63) is 70.7 Å². The molecule has 0 aliphatic carbocycles. The number of rotatable bonds is 3. The zero-order valence-corrected chi connectivity index (χ0v) is 10.5. The Hall–Kier alpha value is -1.91. The molecule has 1 aromatic carbocycles. The first-order valence-electron chi connectivity index (χ1n) is 5.74. The number of hydrogen-bond donors (Lipinski definition) is 1. The van der Waals surface area contributed by atoms with Gasteiger partial charge in [0.2, 0.25) is 0 Å². The van der Waals surface area contributed by atoms with E-state index in [1.54, 1.807) is 17.5 Å². The van der Waals surface area contributed by atoms with Crippen LogP contribution in [0.3, 0.4) is 0 Å². The Morgan fingerprint density at radius 1 is 1.06 bits per heavy atom. The van der Waals surface area contributed by atoms with Crippen LogP contribution < -0.4 is 5.73 Å². The molecule has 2 aromatic heterocycles. The van der Waals surface area contributed by atoms with Crippen molar-refractivity contribution in [3.63, 3.8) is 0 Å². The van der Waals surface area contributed by atoms with E-state index in [1.807, 2.05) is 52.5 Å². The lowest BCUT2D eigenvalue weighted by Crippen LogP contribution is -2.15. The summed E-state index contributed by atoms with van der Waals surface area (Å²) in [6.07, 6.45) is 1.79. The van der Waals surface area contributed by atoms with E-state index in [1.165, 1.54) is 0 Å². The Balaban J connectivity index is 2.02. The summed E-state index contributed by atoms with van der Waals surface area (Å²) in [7, 11) is 0. The van der Waals surface area contributed by atoms with Gasteiger partial charge in [0.1, 0.15) is 0 Å². The molecule has 1 atom stereocenters. The van der Waals surface area contributed by atoms with E-state index < -0.39 is 0 Å². The van der Waals surface area contributed by atoms with Crippen molar-refractivity contribution in [3.8, 4) is 5.69 Å². The first kappa shape index (κ1) is 11.2. The molecule has 0 saturated carbocycles. The minimum Gasteiger partial charge on any atom is -0.318 e. The van der Waals surface area contributed by atoms with Crippen LogP contribution in [-0.4, -0.2) is 9.78 Å². The van der Waals surface area contributed by atoms with Gasteiger partial charge in [0, 0.05) is 11.1 Å². The van der Waals surface area contributed by atoms with Gasteiger partial charge in [0.25, 0.3) is 0 Å². The third-order valence-corrected chi connectivity index (χ3v) is 3.80. The molecular weight excluding hydrogens is 242 g/mol. The van der Waals surface area contributed by atoms with Gasteiger partial charge in [-0.05, 0) is 29.6 Å². The predicted octanol–water partition coefficient (Wildman–Crippen LogP) is 2.98. The zero-order chi connectivity index (χ0) is 12.4. The average molecular weight is 255 g/mol. The Morgan fingerprint density at radius 3 is 2.61 bits per heavy atom. The predicted molar refractivity (Wildman–Crippen MR) is 73.9 cm³/mol. The number of hydrogen-bond acceptors (Lipinski definition) is 3. The number of para-hydroxylation sites is 1. The molecule has 2 N–H and O–H groups in total. The molecule has 1 unspecified atom stereocenters. The maximum absolute atomic E-state index is 6.29. The van der Waals surface area contributed by atoms with Crippen molar-refractivity contribution in [1.29, 1.82) is 0 Å². The van der Waals surface area contributed by atoms with Crippen molar-refractivity contribution in [2.24, 2.45) is 5.73 Å². The van der Waals surface area contributed by atoms with Crippen LogP contribution in [-0.2, 0) is 0 Å². The molecule has 0 aliphatic rings. The van der Waals surface area contributed by atoms with Crippen LogP contribution in [0, 0.1) is 0 Å². The van der Waals surface area contributed by atoms with Gasteiger partial charge in [-0.15, -0.1) is 11.3 Å². The van der Waals surface area contributed by atoms with Gasteiger partial charge in [-0.1, -0.05) is 24.3 Å². The topological polar surface area (TPSA) is 43.8 Å². The second kappa shape index (κ2) is 4.76. The largest absolute Gasteiger partial charge is 0.318 e.